The predicted molar refractivity (Wildman–Crippen MR) is 86.0 cm³/mol. The summed E-state index contributed by atoms with van der Waals surface area (Å²) in [6, 6.07) is 9.08. The first kappa shape index (κ1) is 15.8. The zero-order chi connectivity index (χ0) is 15.5. The van der Waals surface area contributed by atoms with Gasteiger partial charge in [0.05, 0.1) is 6.54 Å². The van der Waals surface area contributed by atoms with Crippen LogP contribution in [0.3, 0.4) is 0 Å². The van der Waals surface area contributed by atoms with E-state index < -0.39 is 5.54 Å². The molecule has 1 unspecified atom stereocenters. The van der Waals surface area contributed by atoms with E-state index in [0.717, 1.165) is 18.4 Å². The molecule has 1 N–H and O–H groups in total. The number of unbranched alkanes of at least 4 members (excludes halogenated alkanes) is 1. The standard InChI is InChI=1S/C16H19BrN2O2/c1-3-4-10-16(13-8-6-5-7-9-13)14(20)19(11-12(2)17)15(21)18-16/h5-9H,2-4,10-11H2,1H3,(H,18,21). The molecule has 1 aliphatic rings. The molecular formula is C16H19BrN2O2. The summed E-state index contributed by atoms with van der Waals surface area (Å²) in [5.41, 5.74) is -0.115. The molecule has 3 amide bonds. The summed E-state index contributed by atoms with van der Waals surface area (Å²) in [4.78, 5) is 26.3. The molecule has 0 bridgehead atoms. The zero-order valence-electron chi connectivity index (χ0n) is 12.1. The van der Waals surface area contributed by atoms with Gasteiger partial charge in [0, 0.05) is 4.48 Å². The Balaban J connectivity index is 2.40. The third-order valence-corrected chi connectivity index (χ3v) is 3.93. The van der Waals surface area contributed by atoms with Crippen LogP contribution in [0, 0.1) is 0 Å². The predicted octanol–water partition coefficient (Wildman–Crippen LogP) is 3.53. The molecule has 21 heavy (non-hydrogen) atoms. The highest BCUT2D eigenvalue weighted by Crippen LogP contribution is 2.34. The van der Waals surface area contributed by atoms with Crippen LogP contribution in [0.2, 0.25) is 0 Å². The summed E-state index contributed by atoms with van der Waals surface area (Å²) in [6.07, 6.45) is 2.43. The maximum absolute atomic E-state index is 12.9. The minimum Gasteiger partial charge on any atom is -0.319 e. The van der Waals surface area contributed by atoms with Gasteiger partial charge in [-0.1, -0.05) is 72.6 Å². The number of rotatable bonds is 6. The first-order valence-corrected chi connectivity index (χ1v) is 7.83. The summed E-state index contributed by atoms with van der Waals surface area (Å²) in [5, 5.41) is 2.90. The van der Waals surface area contributed by atoms with E-state index in [0.29, 0.717) is 10.9 Å². The van der Waals surface area contributed by atoms with Gasteiger partial charge in [0.25, 0.3) is 5.91 Å². The van der Waals surface area contributed by atoms with Crippen molar-refractivity contribution < 1.29 is 9.59 Å². The van der Waals surface area contributed by atoms with Gasteiger partial charge in [-0.2, -0.15) is 0 Å². The fraction of sp³-hybridized carbons (Fsp3) is 0.375. The fourth-order valence-electron chi connectivity index (χ4n) is 2.62. The summed E-state index contributed by atoms with van der Waals surface area (Å²) < 4.78 is 0.602. The molecule has 1 heterocycles. The van der Waals surface area contributed by atoms with E-state index in [2.05, 4.69) is 34.7 Å². The Morgan fingerprint density at radius 3 is 2.57 bits per heavy atom. The van der Waals surface area contributed by atoms with Crippen LogP contribution in [0.15, 0.2) is 41.4 Å². The third-order valence-electron chi connectivity index (χ3n) is 3.68. The third kappa shape index (κ3) is 3.02. The smallest absolute Gasteiger partial charge is 0.319 e. The molecule has 1 aromatic rings. The largest absolute Gasteiger partial charge is 0.325 e. The molecule has 5 heteroatoms. The van der Waals surface area contributed by atoms with Crippen molar-refractivity contribution in [1.29, 1.82) is 0 Å². The highest BCUT2D eigenvalue weighted by molar-refractivity contribution is 9.11. The van der Waals surface area contributed by atoms with Crippen molar-refractivity contribution in [3.63, 3.8) is 0 Å². The summed E-state index contributed by atoms with van der Waals surface area (Å²) in [5.74, 6) is -0.201. The quantitative estimate of drug-likeness (QED) is 0.797. The molecule has 0 aromatic heterocycles. The average Bonchev–Trinajstić information content (AvgIpc) is 2.71. The average molecular weight is 351 g/mol. The van der Waals surface area contributed by atoms with Crippen LogP contribution < -0.4 is 5.32 Å². The van der Waals surface area contributed by atoms with Crippen LogP contribution in [0.25, 0.3) is 0 Å². The Morgan fingerprint density at radius 2 is 2.00 bits per heavy atom. The van der Waals surface area contributed by atoms with Gasteiger partial charge >= 0.3 is 6.03 Å². The van der Waals surface area contributed by atoms with E-state index in [4.69, 9.17) is 0 Å². The lowest BCUT2D eigenvalue weighted by Gasteiger charge is -2.27. The molecule has 1 aromatic carbocycles. The van der Waals surface area contributed by atoms with E-state index in [9.17, 15) is 9.59 Å². The van der Waals surface area contributed by atoms with Crippen molar-refractivity contribution in [2.75, 3.05) is 6.54 Å². The van der Waals surface area contributed by atoms with Crippen LogP contribution in [0.4, 0.5) is 4.79 Å². The fourth-order valence-corrected chi connectivity index (χ4v) is 2.87. The molecule has 1 fully saturated rings. The number of amides is 3. The zero-order valence-corrected chi connectivity index (χ0v) is 13.6. The number of urea groups is 1. The van der Waals surface area contributed by atoms with Crippen LogP contribution in [-0.2, 0) is 10.3 Å². The lowest BCUT2D eigenvalue weighted by atomic mass is 9.85. The maximum Gasteiger partial charge on any atom is 0.325 e. The molecule has 0 spiro atoms. The normalized spacial score (nSPS) is 21.5. The molecule has 0 aliphatic carbocycles. The SMILES string of the molecule is C=C(Br)CN1C(=O)NC(CCCC)(c2ccccc2)C1=O. The number of nitrogens with zero attached hydrogens (tertiary/aromatic N) is 1. The van der Waals surface area contributed by atoms with E-state index >= 15 is 0 Å². The van der Waals surface area contributed by atoms with Crippen LogP contribution in [0.5, 0.6) is 0 Å². The van der Waals surface area contributed by atoms with Gasteiger partial charge in [-0.3, -0.25) is 9.69 Å². The Bertz CT molecular complexity index is 559. The number of carbonyl (C=O) groups excluding carboxylic acids is 2. The molecule has 1 saturated heterocycles. The number of carbonyl (C=O) groups is 2. The van der Waals surface area contributed by atoms with Gasteiger partial charge in [0.1, 0.15) is 5.54 Å². The second kappa shape index (κ2) is 6.43. The lowest BCUT2D eigenvalue weighted by Crippen LogP contribution is -2.44. The molecule has 1 atom stereocenters. The van der Waals surface area contributed by atoms with Gasteiger partial charge < -0.3 is 5.32 Å². The molecule has 4 nitrogen and oxygen atoms in total. The van der Waals surface area contributed by atoms with Crippen molar-refractivity contribution in [2.24, 2.45) is 0 Å². The first-order chi connectivity index (χ1) is 10.0. The molecule has 1 aliphatic heterocycles. The Kier molecular flexibility index (Phi) is 4.83. The first-order valence-electron chi connectivity index (χ1n) is 7.04. The summed E-state index contributed by atoms with van der Waals surface area (Å²) in [6.45, 7) is 5.97. The summed E-state index contributed by atoms with van der Waals surface area (Å²) in [7, 11) is 0. The lowest BCUT2D eigenvalue weighted by molar-refractivity contribution is -0.131. The minimum absolute atomic E-state index is 0.186. The van der Waals surface area contributed by atoms with Gasteiger partial charge in [-0.25, -0.2) is 4.79 Å². The van der Waals surface area contributed by atoms with E-state index in [1.807, 2.05) is 30.3 Å². The molecule has 0 saturated carbocycles. The molecule has 112 valence electrons. The molecule has 0 radical (unpaired) electrons. The number of hydrogen-bond acceptors (Lipinski definition) is 2. The van der Waals surface area contributed by atoms with Gasteiger partial charge in [0.2, 0.25) is 0 Å². The van der Waals surface area contributed by atoms with Crippen molar-refractivity contribution in [3.8, 4) is 0 Å². The van der Waals surface area contributed by atoms with Crippen molar-refractivity contribution in [3.05, 3.63) is 47.0 Å². The number of benzene rings is 1. The Hall–Kier alpha value is -1.62. The van der Waals surface area contributed by atoms with Crippen LogP contribution >= 0.6 is 15.9 Å². The monoisotopic (exact) mass is 350 g/mol. The van der Waals surface area contributed by atoms with Gasteiger partial charge in [0.15, 0.2) is 0 Å². The Morgan fingerprint density at radius 1 is 1.33 bits per heavy atom. The highest BCUT2D eigenvalue weighted by Gasteiger charge is 2.51. The highest BCUT2D eigenvalue weighted by atomic mass is 79.9. The van der Waals surface area contributed by atoms with E-state index in [-0.39, 0.29) is 18.5 Å². The number of nitrogens with one attached hydrogen (secondary N) is 1. The second-order valence-corrected chi connectivity index (χ2v) is 6.34. The number of imide groups is 1. The van der Waals surface area contributed by atoms with E-state index in [1.165, 1.54) is 4.90 Å². The summed E-state index contributed by atoms with van der Waals surface area (Å²) >= 11 is 3.22. The van der Waals surface area contributed by atoms with Crippen LogP contribution in [-0.4, -0.2) is 23.4 Å². The minimum atomic E-state index is -0.948. The van der Waals surface area contributed by atoms with Crippen molar-refractivity contribution in [2.45, 2.75) is 31.7 Å². The topological polar surface area (TPSA) is 49.4 Å². The second-order valence-electron chi connectivity index (χ2n) is 5.21. The van der Waals surface area contributed by atoms with Crippen LogP contribution in [0.1, 0.15) is 31.7 Å². The van der Waals surface area contributed by atoms with Gasteiger partial charge in [-0.05, 0) is 12.0 Å². The molecular weight excluding hydrogens is 332 g/mol. The number of halogens is 1. The maximum atomic E-state index is 12.9. The van der Waals surface area contributed by atoms with Crippen molar-refractivity contribution >= 4 is 27.9 Å². The van der Waals surface area contributed by atoms with E-state index in [1.54, 1.807) is 0 Å². The van der Waals surface area contributed by atoms with Gasteiger partial charge in [-0.15, -0.1) is 0 Å². The number of hydrogen-bond donors (Lipinski definition) is 1. The van der Waals surface area contributed by atoms with Crippen molar-refractivity contribution in [1.82, 2.24) is 10.2 Å². The molecule has 2 rings (SSSR count). The Labute approximate surface area is 133 Å².